The van der Waals surface area contributed by atoms with Crippen LogP contribution in [-0.4, -0.2) is 21.3 Å². The van der Waals surface area contributed by atoms with E-state index in [1.807, 2.05) is 44.2 Å². The van der Waals surface area contributed by atoms with Gasteiger partial charge >= 0.3 is 0 Å². The summed E-state index contributed by atoms with van der Waals surface area (Å²) in [5.74, 6) is 0.865. The van der Waals surface area contributed by atoms with Crippen LogP contribution in [0.1, 0.15) is 34.5 Å². The van der Waals surface area contributed by atoms with Crippen LogP contribution >= 0.6 is 0 Å². The van der Waals surface area contributed by atoms with Crippen LogP contribution in [-0.2, 0) is 0 Å². The van der Waals surface area contributed by atoms with Crippen molar-refractivity contribution in [3.8, 4) is 5.75 Å². The molecule has 0 amide bonds. The van der Waals surface area contributed by atoms with E-state index in [0.717, 1.165) is 28.3 Å². The van der Waals surface area contributed by atoms with Crippen molar-refractivity contribution in [2.45, 2.75) is 25.8 Å². The van der Waals surface area contributed by atoms with Gasteiger partial charge in [-0.15, -0.1) is 0 Å². The number of hydrogen-bond donors (Lipinski definition) is 4. The third kappa shape index (κ3) is 2.75. The fourth-order valence-corrected chi connectivity index (χ4v) is 4.37. The highest BCUT2D eigenvalue weighted by atomic mass is 16.5. The maximum absolute atomic E-state index is 9.71. The van der Waals surface area contributed by atoms with Crippen LogP contribution in [0.3, 0.4) is 0 Å². The van der Waals surface area contributed by atoms with Gasteiger partial charge in [0, 0.05) is 29.0 Å². The van der Waals surface area contributed by atoms with E-state index in [9.17, 15) is 10.3 Å². The largest absolute Gasteiger partial charge is 0.508 e. The quantitative estimate of drug-likeness (QED) is 0.287. The van der Waals surface area contributed by atoms with Gasteiger partial charge in [-0.05, 0) is 37.6 Å². The molecule has 1 aromatic carbocycles. The first-order chi connectivity index (χ1) is 13.0. The average molecular weight is 366 g/mol. The Kier molecular flexibility index (Phi) is 4.14. The summed E-state index contributed by atoms with van der Waals surface area (Å²) < 4.78 is 5.41. The number of nitrogens with one attached hydrogen (secondary N) is 1. The molecule has 0 spiro atoms. The number of phenols is 1. The van der Waals surface area contributed by atoms with Crippen molar-refractivity contribution >= 4 is 5.84 Å². The SMILES string of the molecule is Cc1noc(C)c1C1NC2=CC=CC(C(N)=NO)C2C1c1ccc(O)cc1. The van der Waals surface area contributed by atoms with Gasteiger partial charge < -0.3 is 25.9 Å². The van der Waals surface area contributed by atoms with Crippen LogP contribution < -0.4 is 11.1 Å². The predicted molar refractivity (Wildman–Crippen MR) is 100 cm³/mol. The second-order valence-electron chi connectivity index (χ2n) is 7.06. The van der Waals surface area contributed by atoms with E-state index in [1.165, 1.54) is 0 Å². The minimum Gasteiger partial charge on any atom is -0.508 e. The van der Waals surface area contributed by atoms with Crippen molar-refractivity contribution in [1.82, 2.24) is 10.5 Å². The number of amidine groups is 1. The molecule has 1 fully saturated rings. The van der Waals surface area contributed by atoms with E-state index in [4.69, 9.17) is 10.3 Å². The molecule has 4 rings (SSSR count). The van der Waals surface area contributed by atoms with Crippen LogP contribution in [0.2, 0.25) is 0 Å². The smallest absolute Gasteiger partial charge is 0.146 e. The lowest BCUT2D eigenvalue weighted by Gasteiger charge is -2.29. The lowest BCUT2D eigenvalue weighted by atomic mass is 9.72. The number of aryl methyl sites for hydroxylation is 2. The fraction of sp³-hybridized carbons (Fsp3) is 0.300. The molecule has 7 nitrogen and oxygen atoms in total. The molecular weight excluding hydrogens is 344 g/mol. The highest BCUT2D eigenvalue weighted by Gasteiger charge is 2.47. The van der Waals surface area contributed by atoms with Crippen molar-refractivity contribution < 1.29 is 14.8 Å². The second kappa shape index (κ2) is 6.50. The Labute approximate surface area is 156 Å². The Morgan fingerprint density at radius 1 is 1.22 bits per heavy atom. The van der Waals surface area contributed by atoms with Gasteiger partial charge in [-0.1, -0.05) is 34.6 Å². The van der Waals surface area contributed by atoms with Gasteiger partial charge in [-0.3, -0.25) is 0 Å². The summed E-state index contributed by atoms with van der Waals surface area (Å²) in [5.41, 5.74) is 9.94. The highest BCUT2D eigenvalue weighted by molar-refractivity contribution is 5.85. The van der Waals surface area contributed by atoms with Crippen molar-refractivity contribution in [2.75, 3.05) is 0 Å². The van der Waals surface area contributed by atoms with Crippen LogP contribution in [0.15, 0.2) is 57.9 Å². The van der Waals surface area contributed by atoms with Crippen LogP contribution in [0, 0.1) is 25.7 Å². The van der Waals surface area contributed by atoms with Gasteiger partial charge in [0.15, 0.2) is 0 Å². The van der Waals surface area contributed by atoms with E-state index < -0.39 is 0 Å². The summed E-state index contributed by atoms with van der Waals surface area (Å²) >= 11 is 0. The Hall–Kier alpha value is -3.22. The maximum atomic E-state index is 9.71. The number of oxime groups is 1. The van der Waals surface area contributed by atoms with E-state index in [0.29, 0.717) is 0 Å². The summed E-state index contributed by atoms with van der Waals surface area (Å²) in [4.78, 5) is 0. The molecule has 4 unspecified atom stereocenters. The van der Waals surface area contributed by atoms with E-state index in [-0.39, 0.29) is 35.4 Å². The van der Waals surface area contributed by atoms with Gasteiger partial charge in [0.2, 0.25) is 0 Å². The minimum absolute atomic E-state index is 0.0103. The highest BCUT2D eigenvalue weighted by Crippen LogP contribution is 2.51. The number of rotatable bonds is 3. The third-order valence-electron chi connectivity index (χ3n) is 5.54. The summed E-state index contributed by atoms with van der Waals surface area (Å²) in [5, 5.41) is 30.0. The molecule has 0 bridgehead atoms. The van der Waals surface area contributed by atoms with Gasteiger partial charge in [-0.2, -0.15) is 0 Å². The number of phenolic OH excluding ortho intramolecular Hbond substituents is 1. The number of fused-ring (bicyclic) bond motifs is 1. The van der Waals surface area contributed by atoms with Gasteiger partial charge in [0.05, 0.1) is 11.7 Å². The molecule has 7 heteroatoms. The van der Waals surface area contributed by atoms with Crippen molar-refractivity contribution in [3.05, 3.63) is 70.8 Å². The molecule has 5 N–H and O–H groups in total. The molecule has 1 saturated heterocycles. The molecular formula is C20H22N4O3. The zero-order valence-corrected chi connectivity index (χ0v) is 15.1. The molecule has 0 radical (unpaired) electrons. The molecule has 140 valence electrons. The van der Waals surface area contributed by atoms with E-state index in [2.05, 4.69) is 15.6 Å². The number of hydrogen-bond acceptors (Lipinski definition) is 6. The van der Waals surface area contributed by atoms with Crippen molar-refractivity contribution in [3.63, 3.8) is 0 Å². The second-order valence-corrected chi connectivity index (χ2v) is 7.06. The summed E-state index contributed by atoms with van der Waals surface area (Å²) in [6, 6.07) is 7.11. The molecule has 4 atom stereocenters. The molecule has 27 heavy (non-hydrogen) atoms. The summed E-state index contributed by atoms with van der Waals surface area (Å²) in [6.07, 6.45) is 5.90. The maximum Gasteiger partial charge on any atom is 0.146 e. The standard InChI is InChI=1S/C20H22N4O3/c1-10-16(11(2)27-24-10)19-17(12-6-8-13(25)9-7-12)18-14(20(21)23-26)4-3-5-15(18)22-19/h3-9,14,17-19,22,25-26H,1-2H3,(H2,21,23). The number of aromatic nitrogens is 1. The minimum atomic E-state index is -0.244. The summed E-state index contributed by atoms with van der Waals surface area (Å²) in [7, 11) is 0. The molecule has 1 aliphatic carbocycles. The third-order valence-corrected chi connectivity index (χ3v) is 5.54. The van der Waals surface area contributed by atoms with E-state index in [1.54, 1.807) is 12.1 Å². The number of nitrogens with two attached hydrogens (primary N) is 1. The Morgan fingerprint density at radius 3 is 2.59 bits per heavy atom. The molecule has 1 aliphatic heterocycles. The van der Waals surface area contributed by atoms with Gasteiger partial charge in [-0.25, -0.2) is 0 Å². The molecule has 2 heterocycles. The van der Waals surface area contributed by atoms with Gasteiger partial charge in [0.1, 0.15) is 17.3 Å². The first-order valence-electron chi connectivity index (χ1n) is 8.85. The number of aromatic hydroxyl groups is 1. The van der Waals surface area contributed by atoms with Gasteiger partial charge in [0.25, 0.3) is 0 Å². The number of nitrogens with zero attached hydrogens (tertiary/aromatic N) is 2. The Bertz CT molecular complexity index is 923. The zero-order chi connectivity index (χ0) is 19.1. The molecule has 2 aliphatic rings. The normalized spacial score (nSPS) is 27.2. The Morgan fingerprint density at radius 2 is 1.96 bits per heavy atom. The molecule has 0 saturated carbocycles. The lowest BCUT2D eigenvalue weighted by Crippen LogP contribution is -2.33. The van der Waals surface area contributed by atoms with Crippen LogP contribution in [0.5, 0.6) is 5.75 Å². The zero-order valence-electron chi connectivity index (χ0n) is 15.1. The molecule has 2 aromatic rings. The Balaban J connectivity index is 1.86. The average Bonchev–Trinajstić information content (AvgIpc) is 3.21. The van der Waals surface area contributed by atoms with Crippen LogP contribution in [0.25, 0.3) is 0 Å². The first-order valence-corrected chi connectivity index (χ1v) is 8.85. The van der Waals surface area contributed by atoms with Crippen LogP contribution in [0.4, 0.5) is 0 Å². The first kappa shape index (κ1) is 17.2. The topological polar surface area (TPSA) is 117 Å². The monoisotopic (exact) mass is 366 g/mol. The van der Waals surface area contributed by atoms with Crippen molar-refractivity contribution in [2.24, 2.45) is 22.7 Å². The fourth-order valence-electron chi connectivity index (χ4n) is 4.37. The number of benzene rings is 1. The predicted octanol–water partition coefficient (Wildman–Crippen LogP) is 2.86. The number of allylic oxidation sites excluding steroid dienone is 3. The van der Waals surface area contributed by atoms with Crippen molar-refractivity contribution in [1.29, 1.82) is 0 Å². The van der Waals surface area contributed by atoms with E-state index >= 15 is 0 Å². The summed E-state index contributed by atoms with van der Waals surface area (Å²) in [6.45, 7) is 3.83. The lowest BCUT2D eigenvalue weighted by molar-refractivity contribution is 0.311. The molecule has 1 aromatic heterocycles.